The average molecular weight is 858 g/mol. The molecule has 2 fully saturated rings. The number of hydrogen-bond acceptors (Lipinski definition) is 12. The number of ether oxygens (including phenoxy) is 4. The molecule has 0 unspecified atom stereocenters. The minimum absolute atomic E-state index is 0. The van der Waals surface area contributed by atoms with E-state index < -0.39 is 36.2 Å². The number of carbonyl (C=O) groups is 4. The minimum atomic E-state index is -0.885. The molecule has 2 aliphatic carbocycles. The van der Waals surface area contributed by atoms with Crippen molar-refractivity contribution in [2.24, 2.45) is 0 Å². The molecular formula is C42H43FeN9O8+2. The van der Waals surface area contributed by atoms with Gasteiger partial charge in [0.25, 0.3) is 0 Å². The van der Waals surface area contributed by atoms with Crippen LogP contribution in [0.2, 0.25) is 0 Å². The molecule has 60 heavy (non-hydrogen) atoms. The number of esters is 2. The third kappa shape index (κ3) is 13.7. The molecule has 3 aromatic heterocycles. The summed E-state index contributed by atoms with van der Waals surface area (Å²) < 4.78 is 23.3. The van der Waals surface area contributed by atoms with E-state index in [1.165, 1.54) is 14.2 Å². The van der Waals surface area contributed by atoms with Gasteiger partial charge in [0.1, 0.15) is 36.7 Å². The van der Waals surface area contributed by atoms with Gasteiger partial charge >= 0.3 is 41.2 Å². The molecule has 10 radical (unpaired) electrons. The van der Waals surface area contributed by atoms with Gasteiger partial charge in [-0.05, 0) is 68.6 Å². The largest absolute Gasteiger partial charge is 2.00 e. The van der Waals surface area contributed by atoms with Gasteiger partial charge in [-0.15, -0.1) is 10.2 Å². The van der Waals surface area contributed by atoms with Gasteiger partial charge in [-0.25, -0.2) is 19.2 Å². The number of aromatic nitrogens is 7. The minimum Gasteiger partial charge on any atom is -0.467 e. The van der Waals surface area contributed by atoms with Crippen molar-refractivity contribution in [3.05, 3.63) is 159 Å². The number of carbonyl (C=O) groups excluding carboxylic acids is 4. The average Bonchev–Trinajstić information content (AvgIpc) is 4.13. The van der Waals surface area contributed by atoms with Crippen molar-refractivity contribution < 1.29 is 55.2 Å². The van der Waals surface area contributed by atoms with Crippen LogP contribution in [-0.4, -0.2) is 85.4 Å². The van der Waals surface area contributed by atoms with E-state index >= 15 is 0 Å². The standard InChI is InChI=1S/C22H22N5O4.C20H21N4O4.Fe/c1-30-21(28)20(10-16-11-23-19-9-5-4-8-18(16)19)24-22(29)31-14-17-13-27(26-25-17)12-15-6-2-3-7-15;1-27-19(25)18(11-15-7-3-2-4-8-15)21-20(26)28-14-17-13-24(23-22-17)12-16-9-5-6-10-16;/h2-9,11,13,20,23H,10,12,14H2,1H3,(H,24,29);2-10,13,18H,11-12,14H2,1H3,(H,21,26);/q;;+2/t20-;18-;/m00./s1. The van der Waals surface area contributed by atoms with Crippen molar-refractivity contribution in [2.75, 3.05) is 14.2 Å². The first-order valence-electron chi connectivity index (χ1n) is 18.6. The maximum Gasteiger partial charge on any atom is 2.00 e. The van der Waals surface area contributed by atoms with Crippen molar-refractivity contribution >= 4 is 35.0 Å². The van der Waals surface area contributed by atoms with Crippen molar-refractivity contribution in [3.63, 3.8) is 0 Å². The predicted molar refractivity (Wildman–Crippen MR) is 211 cm³/mol. The Labute approximate surface area is 359 Å². The molecule has 2 atom stereocenters. The number of fused-ring (bicyclic) bond motifs is 1. The number of amides is 2. The number of para-hydroxylation sites is 1. The van der Waals surface area contributed by atoms with Crippen LogP contribution in [0.5, 0.6) is 0 Å². The smallest absolute Gasteiger partial charge is 0.467 e. The van der Waals surface area contributed by atoms with Crippen molar-refractivity contribution in [1.29, 1.82) is 0 Å². The van der Waals surface area contributed by atoms with E-state index in [0.717, 1.165) is 33.9 Å². The molecule has 0 bridgehead atoms. The predicted octanol–water partition coefficient (Wildman–Crippen LogP) is 3.87. The van der Waals surface area contributed by atoms with E-state index in [1.54, 1.807) is 21.8 Å². The fourth-order valence-corrected chi connectivity index (χ4v) is 6.06. The molecule has 2 amide bonds. The van der Waals surface area contributed by atoms with Crippen LogP contribution in [0.1, 0.15) is 22.5 Å². The first-order valence-corrected chi connectivity index (χ1v) is 18.6. The molecule has 2 aliphatic rings. The van der Waals surface area contributed by atoms with Gasteiger partial charge < -0.3 is 34.6 Å². The number of nitrogens with one attached hydrogen (secondary N) is 3. The van der Waals surface area contributed by atoms with Crippen LogP contribution < -0.4 is 10.6 Å². The monoisotopic (exact) mass is 857 g/mol. The fraction of sp³-hybridized carbons (Fsp3) is 0.238. The van der Waals surface area contributed by atoms with E-state index in [9.17, 15) is 19.2 Å². The Hall–Kier alpha value is -5.74. The summed E-state index contributed by atoms with van der Waals surface area (Å²) in [7, 11) is 2.56. The molecule has 2 saturated carbocycles. The zero-order chi connectivity index (χ0) is 41.4. The maximum absolute atomic E-state index is 12.3. The summed E-state index contributed by atoms with van der Waals surface area (Å²) in [5, 5.41) is 22.1. The molecule has 0 saturated heterocycles. The number of nitrogens with zero attached hydrogens (tertiary/aromatic N) is 6. The van der Waals surface area contributed by atoms with Crippen LogP contribution in [0.4, 0.5) is 9.59 Å². The maximum atomic E-state index is 12.3. The molecule has 3 N–H and O–H groups in total. The second-order valence-corrected chi connectivity index (χ2v) is 13.2. The van der Waals surface area contributed by atoms with E-state index in [2.05, 4.69) is 36.2 Å². The molecule has 17 nitrogen and oxygen atoms in total. The van der Waals surface area contributed by atoms with Crippen LogP contribution in [0.15, 0.2) is 73.2 Å². The fourth-order valence-electron chi connectivity index (χ4n) is 6.06. The molecule has 0 spiro atoms. The summed E-state index contributed by atoms with van der Waals surface area (Å²) in [5.74, 6) is 1.12. The molecule has 0 aliphatic heterocycles. The van der Waals surface area contributed by atoms with Gasteiger partial charge in [-0.2, -0.15) is 0 Å². The summed E-state index contributed by atoms with van der Waals surface area (Å²) in [5.41, 5.74) is 3.76. The Morgan fingerprint density at radius 3 is 1.67 bits per heavy atom. The van der Waals surface area contributed by atoms with Gasteiger partial charge in [0, 0.05) is 54.9 Å². The zero-order valence-corrected chi connectivity index (χ0v) is 33.9. The number of rotatable bonds is 16. The molecule has 7 rings (SSSR count). The van der Waals surface area contributed by atoms with Crippen molar-refractivity contribution in [3.8, 4) is 0 Å². The molecule has 5 aromatic rings. The second-order valence-electron chi connectivity index (χ2n) is 13.2. The molecule has 3 heterocycles. The first-order chi connectivity index (χ1) is 28.8. The number of aromatic amines is 1. The Morgan fingerprint density at radius 2 is 1.15 bits per heavy atom. The van der Waals surface area contributed by atoms with Gasteiger partial charge in [0.05, 0.1) is 26.6 Å². The zero-order valence-electron chi connectivity index (χ0n) is 32.7. The Balaban J connectivity index is 0.000000225. The van der Waals surface area contributed by atoms with Crippen LogP contribution in [-0.2, 0) is 84.8 Å². The summed E-state index contributed by atoms with van der Waals surface area (Å²) in [6, 6.07) is 15.3. The topological polar surface area (TPSA) is 206 Å². The number of benzene rings is 2. The van der Waals surface area contributed by atoms with Crippen LogP contribution in [0.25, 0.3) is 10.9 Å². The summed E-state index contributed by atoms with van der Waals surface area (Å²) >= 11 is 0. The third-order valence-corrected chi connectivity index (χ3v) is 8.96. The Morgan fingerprint density at radius 1 is 0.667 bits per heavy atom. The van der Waals surface area contributed by atoms with E-state index in [0.29, 0.717) is 30.9 Å². The van der Waals surface area contributed by atoms with Crippen molar-refractivity contribution in [2.45, 2.75) is 51.2 Å². The molecule has 2 aromatic carbocycles. The van der Waals surface area contributed by atoms with Gasteiger partial charge in [-0.1, -0.05) is 59.0 Å². The molecule has 18 heteroatoms. The number of methoxy groups -OCH3 is 2. The molecular weight excluding hydrogens is 814 g/mol. The number of hydrogen-bond donors (Lipinski definition) is 3. The van der Waals surface area contributed by atoms with Gasteiger partial charge in [0.2, 0.25) is 0 Å². The van der Waals surface area contributed by atoms with E-state index in [-0.39, 0.29) is 36.7 Å². The normalized spacial score (nSPS) is 14.9. The van der Waals surface area contributed by atoms with Gasteiger partial charge in [0.15, 0.2) is 0 Å². The van der Waals surface area contributed by atoms with E-state index in [1.807, 2.05) is 112 Å². The first kappa shape index (κ1) is 45.3. The Kier molecular flexibility index (Phi) is 17.5. The van der Waals surface area contributed by atoms with Crippen LogP contribution in [0, 0.1) is 63.2 Å². The third-order valence-electron chi connectivity index (χ3n) is 8.96. The Bertz CT molecular complexity index is 2110. The van der Waals surface area contributed by atoms with Crippen LogP contribution >= 0.6 is 0 Å². The van der Waals surface area contributed by atoms with E-state index in [4.69, 9.17) is 18.9 Å². The SMILES string of the molecule is COC(=O)[C@H](Cc1c[nH]c2ccccc12)NC(=O)OCc1cn(C[C]2[CH][CH][CH][CH]2)nn1.COC(=O)[C@H](Cc1ccccc1)NC(=O)OCc1cn(C[C]2[CH][CH][CH][CH]2)nn1.[Fe+2]. The second kappa shape index (κ2) is 23.2. The molecule has 310 valence electrons. The number of alkyl carbamates (subject to hydrolysis) is 2. The number of H-pyrrole nitrogens is 1. The van der Waals surface area contributed by atoms with Gasteiger partial charge in [-0.3, -0.25) is 9.36 Å². The summed E-state index contributed by atoms with van der Waals surface area (Å²) in [6.45, 7) is 1.06. The summed E-state index contributed by atoms with van der Waals surface area (Å²) in [6.07, 6.45) is 20.1. The quantitative estimate of drug-likeness (QED) is 0.0735. The summed E-state index contributed by atoms with van der Waals surface area (Å²) in [4.78, 5) is 51.7. The van der Waals surface area contributed by atoms with Crippen LogP contribution in [0.3, 0.4) is 0 Å². The van der Waals surface area contributed by atoms with Crippen molar-refractivity contribution in [1.82, 2.24) is 45.6 Å².